The fraction of sp³-hybridized carbons (Fsp3) is 0.812. The number of aliphatic carboxylic acids is 1. The van der Waals surface area contributed by atoms with E-state index in [1.165, 1.54) is 32.1 Å². The van der Waals surface area contributed by atoms with E-state index in [4.69, 9.17) is 10.2 Å². The number of aliphatic hydroxyl groups excluding tert-OH is 1. The SMILES string of the molecule is CCCCCCCCCCCC(=O)OC(=O)C(O)CC(=O)O. The zero-order valence-electron chi connectivity index (χ0n) is 13.4. The lowest BCUT2D eigenvalue weighted by atomic mass is 10.1. The van der Waals surface area contributed by atoms with Gasteiger partial charge in [-0.15, -0.1) is 0 Å². The van der Waals surface area contributed by atoms with Gasteiger partial charge >= 0.3 is 17.9 Å². The fourth-order valence-electron chi connectivity index (χ4n) is 2.06. The van der Waals surface area contributed by atoms with E-state index in [1.807, 2.05) is 0 Å². The zero-order chi connectivity index (χ0) is 16.8. The molecular formula is C16H28O6. The van der Waals surface area contributed by atoms with Crippen molar-refractivity contribution in [2.75, 3.05) is 0 Å². The molecule has 1 atom stereocenters. The predicted molar refractivity (Wildman–Crippen MR) is 81.2 cm³/mol. The highest BCUT2D eigenvalue weighted by Gasteiger charge is 2.22. The molecule has 2 N–H and O–H groups in total. The van der Waals surface area contributed by atoms with Crippen LogP contribution in [0.1, 0.15) is 77.6 Å². The number of carboxylic acids is 1. The highest BCUT2D eigenvalue weighted by Crippen LogP contribution is 2.11. The lowest BCUT2D eigenvalue weighted by Gasteiger charge is -2.07. The minimum Gasteiger partial charge on any atom is -0.481 e. The Bertz CT molecular complexity index is 340. The van der Waals surface area contributed by atoms with Crippen molar-refractivity contribution >= 4 is 17.9 Å². The lowest BCUT2D eigenvalue weighted by Crippen LogP contribution is -2.28. The maximum atomic E-state index is 11.3. The van der Waals surface area contributed by atoms with Crippen molar-refractivity contribution in [3.8, 4) is 0 Å². The van der Waals surface area contributed by atoms with Crippen molar-refractivity contribution in [1.82, 2.24) is 0 Å². The minimum atomic E-state index is -1.79. The third-order valence-corrected chi connectivity index (χ3v) is 3.34. The summed E-state index contributed by atoms with van der Waals surface area (Å²) in [6.45, 7) is 2.19. The summed E-state index contributed by atoms with van der Waals surface area (Å²) in [5.74, 6) is -3.23. The van der Waals surface area contributed by atoms with E-state index in [9.17, 15) is 14.4 Å². The number of ether oxygens (including phenoxy) is 1. The number of rotatable bonds is 13. The van der Waals surface area contributed by atoms with Crippen LogP contribution in [0.2, 0.25) is 0 Å². The molecule has 0 amide bonds. The first kappa shape index (κ1) is 20.6. The zero-order valence-corrected chi connectivity index (χ0v) is 13.4. The summed E-state index contributed by atoms with van der Waals surface area (Å²) in [6, 6.07) is 0. The number of carboxylic acid groups (broad SMARTS) is 1. The van der Waals surface area contributed by atoms with E-state index >= 15 is 0 Å². The van der Waals surface area contributed by atoms with Gasteiger partial charge in [0, 0.05) is 6.42 Å². The summed E-state index contributed by atoms with van der Waals surface area (Å²) < 4.78 is 4.39. The Morgan fingerprint density at radius 1 is 0.909 bits per heavy atom. The fourth-order valence-corrected chi connectivity index (χ4v) is 2.06. The van der Waals surface area contributed by atoms with Crippen LogP contribution in [0.4, 0.5) is 0 Å². The predicted octanol–water partition coefficient (Wildman–Crippen LogP) is 2.81. The standard InChI is InChI=1S/C16H28O6/c1-2-3-4-5-6-7-8-9-10-11-15(20)22-16(21)13(17)12-14(18)19/h13,17H,2-12H2,1H3,(H,18,19). The second kappa shape index (κ2) is 13.2. The van der Waals surface area contributed by atoms with E-state index in [0.29, 0.717) is 6.42 Å². The summed E-state index contributed by atoms with van der Waals surface area (Å²) in [4.78, 5) is 32.8. The van der Waals surface area contributed by atoms with Crippen LogP contribution in [0.3, 0.4) is 0 Å². The molecule has 0 bridgehead atoms. The van der Waals surface area contributed by atoms with Gasteiger partial charge in [0.25, 0.3) is 0 Å². The number of hydrogen-bond donors (Lipinski definition) is 2. The average molecular weight is 316 g/mol. The first-order chi connectivity index (χ1) is 10.5. The summed E-state index contributed by atoms with van der Waals surface area (Å²) >= 11 is 0. The first-order valence-electron chi connectivity index (χ1n) is 8.11. The number of esters is 2. The van der Waals surface area contributed by atoms with Crippen molar-refractivity contribution in [3.05, 3.63) is 0 Å². The molecule has 0 aromatic rings. The van der Waals surface area contributed by atoms with Gasteiger partial charge < -0.3 is 14.9 Å². The van der Waals surface area contributed by atoms with Crippen molar-refractivity contribution in [1.29, 1.82) is 0 Å². The molecule has 6 heteroatoms. The molecule has 0 aliphatic rings. The van der Waals surface area contributed by atoms with Crippen LogP contribution in [0.25, 0.3) is 0 Å². The average Bonchev–Trinajstić information content (AvgIpc) is 2.44. The van der Waals surface area contributed by atoms with Gasteiger partial charge in [-0.1, -0.05) is 58.3 Å². The first-order valence-corrected chi connectivity index (χ1v) is 8.11. The Hall–Kier alpha value is -1.43. The van der Waals surface area contributed by atoms with E-state index in [1.54, 1.807) is 0 Å². The second-order valence-corrected chi connectivity index (χ2v) is 5.49. The molecule has 0 aromatic carbocycles. The van der Waals surface area contributed by atoms with E-state index in [2.05, 4.69) is 11.7 Å². The largest absolute Gasteiger partial charge is 0.481 e. The molecule has 0 saturated heterocycles. The molecule has 0 aliphatic heterocycles. The highest BCUT2D eigenvalue weighted by molar-refractivity contribution is 5.89. The molecule has 0 spiro atoms. The van der Waals surface area contributed by atoms with Crippen LogP contribution in [0.5, 0.6) is 0 Å². The van der Waals surface area contributed by atoms with Gasteiger partial charge in [0.05, 0.1) is 6.42 Å². The van der Waals surface area contributed by atoms with Crippen LogP contribution >= 0.6 is 0 Å². The number of unbranched alkanes of at least 4 members (excludes halogenated alkanes) is 8. The Labute approximate surface area is 131 Å². The smallest absolute Gasteiger partial charge is 0.343 e. The van der Waals surface area contributed by atoms with Crippen LogP contribution in [0, 0.1) is 0 Å². The van der Waals surface area contributed by atoms with Crippen molar-refractivity contribution in [2.24, 2.45) is 0 Å². The summed E-state index contributed by atoms with van der Waals surface area (Å²) in [7, 11) is 0. The van der Waals surface area contributed by atoms with E-state index in [0.717, 1.165) is 19.3 Å². The maximum absolute atomic E-state index is 11.3. The van der Waals surface area contributed by atoms with Crippen LogP contribution in [0.15, 0.2) is 0 Å². The molecule has 0 aliphatic carbocycles. The molecule has 1 unspecified atom stereocenters. The van der Waals surface area contributed by atoms with Gasteiger partial charge in [-0.2, -0.15) is 0 Å². The van der Waals surface area contributed by atoms with Gasteiger partial charge in [-0.3, -0.25) is 9.59 Å². The number of carbonyl (C=O) groups excluding carboxylic acids is 2. The number of aliphatic hydroxyl groups is 1. The Kier molecular flexibility index (Phi) is 12.4. The van der Waals surface area contributed by atoms with Crippen molar-refractivity contribution in [2.45, 2.75) is 83.7 Å². The van der Waals surface area contributed by atoms with E-state index in [-0.39, 0.29) is 6.42 Å². The van der Waals surface area contributed by atoms with Gasteiger partial charge in [0.1, 0.15) is 0 Å². The molecule has 0 aromatic heterocycles. The monoisotopic (exact) mass is 316 g/mol. The Morgan fingerprint density at radius 2 is 1.41 bits per heavy atom. The molecule has 0 heterocycles. The molecule has 0 rings (SSSR count). The summed E-state index contributed by atoms with van der Waals surface area (Å²) in [6.07, 6.45) is 7.57. The van der Waals surface area contributed by atoms with Gasteiger partial charge in [-0.25, -0.2) is 4.79 Å². The van der Waals surface area contributed by atoms with Gasteiger partial charge in [-0.05, 0) is 6.42 Å². The molecule has 0 saturated carbocycles. The van der Waals surface area contributed by atoms with Crippen LogP contribution in [-0.2, 0) is 19.1 Å². The third-order valence-electron chi connectivity index (χ3n) is 3.34. The summed E-state index contributed by atoms with van der Waals surface area (Å²) in [5, 5.41) is 17.6. The molecule has 6 nitrogen and oxygen atoms in total. The van der Waals surface area contributed by atoms with Gasteiger partial charge in [0.2, 0.25) is 0 Å². The molecule has 22 heavy (non-hydrogen) atoms. The molecule has 128 valence electrons. The van der Waals surface area contributed by atoms with E-state index < -0.39 is 30.4 Å². The second-order valence-electron chi connectivity index (χ2n) is 5.49. The Morgan fingerprint density at radius 3 is 1.91 bits per heavy atom. The minimum absolute atomic E-state index is 0.112. The molecular weight excluding hydrogens is 288 g/mol. The normalized spacial score (nSPS) is 11.9. The maximum Gasteiger partial charge on any atom is 0.343 e. The highest BCUT2D eigenvalue weighted by atomic mass is 16.6. The Balaban J connectivity index is 3.53. The third kappa shape index (κ3) is 12.3. The van der Waals surface area contributed by atoms with Crippen molar-refractivity contribution < 1.29 is 29.3 Å². The molecule has 0 fully saturated rings. The molecule has 0 radical (unpaired) electrons. The number of carbonyl (C=O) groups is 3. The van der Waals surface area contributed by atoms with Crippen LogP contribution in [-0.4, -0.2) is 34.2 Å². The van der Waals surface area contributed by atoms with Crippen LogP contribution < -0.4 is 0 Å². The topological polar surface area (TPSA) is 101 Å². The number of hydrogen-bond acceptors (Lipinski definition) is 5. The lowest BCUT2D eigenvalue weighted by molar-refractivity contribution is -0.168. The van der Waals surface area contributed by atoms with Gasteiger partial charge in [0.15, 0.2) is 6.10 Å². The summed E-state index contributed by atoms with van der Waals surface area (Å²) in [5.41, 5.74) is 0. The quantitative estimate of drug-likeness (QED) is 0.308. The van der Waals surface area contributed by atoms with Crippen molar-refractivity contribution in [3.63, 3.8) is 0 Å².